The van der Waals surface area contributed by atoms with E-state index in [4.69, 9.17) is 9.52 Å². The number of anilines is 2. The lowest BCUT2D eigenvalue weighted by molar-refractivity contribution is 0.288. The van der Waals surface area contributed by atoms with E-state index in [0.717, 1.165) is 24.1 Å². The van der Waals surface area contributed by atoms with E-state index in [1.807, 2.05) is 24.3 Å². The zero-order valence-corrected chi connectivity index (χ0v) is 12.5. The summed E-state index contributed by atoms with van der Waals surface area (Å²) < 4.78 is 5.52. The molecule has 6 heteroatoms. The quantitative estimate of drug-likeness (QED) is 0.691. The van der Waals surface area contributed by atoms with Crippen molar-refractivity contribution in [3.8, 4) is 0 Å². The predicted octanol–water partition coefficient (Wildman–Crippen LogP) is 2.24. The summed E-state index contributed by atoms with van der Waals surface area (Å²) in [5.74, 6) is 0.558. The van der Waals surface area contributed by atoms with Gasteiger partial charge in [0.2, 0.25) is 5.89 Å². The smallest absolute Gasteiger partial charge is 0.320 e. The summed E-state index contributed by atoms with van der Waals surface area (Å²) in [6.07, 6.45) is 1.61. The van der Waals surface area contributed by atoms with Gasteiger partial charge in [-0.15, -0.1) is 5.10 Å². The van der Waals surface area contributed by atoms with Crippen LogP contribution >= 0.6 is 0 Å². The molecule has 114 valence electrons. The first kappa shape index (κ1) is 15.5. The molecule has 0 aliphatic heterocycles. The number of aliphatic hydroxyl groups excluding tert-OH is 1. The Morgan fingerprint density at radius 2 is 2.14 bits per heavy atom. The van der Waals surface area contributed by atoms with E-state index < -0.39 is 0 Å². The monoisotopic (exact) mass is 290 g/mol. The van der Waals surface area contributed by atoms with Crippen molar-refractivity contribution in [3.05, 3.63) is 35.7 Å². The molecule has 0 amide bonds. The number of rotatable bonds is 8. The molecule has 0 spiro atoms. The molecule has 0 unspecified atom stereocenters. The van der Waals surface area contributed by atoms with E-state index in [2.05, 4.69) is 34.7 Å². The van der Waals surface area contributed by atoms with Gasteiger partial charge >= 0.3 is 6.01 Å². The van der Waals surface area contributed by atoms with Gasteiger partial charge in [0.05, 0.1) is 6.54 Å². The first-order valence-corrected chi connectivity index (χ1v) is 7.20. The summed E-state index contributed by atoms with van der Waals surface area (Å²) in [5, 5.41) is 23.1. The molecule has 0 radical (unpaired) electrons. The SMILES string of the molecule is CC(C)NCc1nnc(Nc2cccc(CCCO)c2)o1. The number of aromatic nitrogens is 2. The van der Waals surface area contributed by atoms with E-state index in [9.17, 15) is 0 Å². The van der Waals surface area contributed by atoms with Crippen LogP contribution in [0.3, 0.4) is 0 Å². The van der Waals surface area contributed by atoms with Gasteiger partial charge in [0.1, 0.15) is 0 Å². The summed E-state index contributed by atoms with van der Waals surface area (Å²) in [5.41, 5.74) is 2.06. The van der Waals surface area contributed by atoms with Crippen molar-refractivity contribution in [2.24, 2.45) is 0 Å². The Morgan fingerprint density at radius 3 is 2.90 bits per heavy atom. The van der Waals surface area contributed by atoms with Crippen LogP contribution in [0.25, 0.3) is 0 Å². The molecule has 3 N–H and O–H groups in total. The van der Waals surface area contributed by atoms with Gasteiger partial charge in [-0.05, 0) is 30.5 Å². The summed E-state index contributed by atoms with van der Waals surface area (Å²) in [6, 6.07) is 8.72. The van der Waals surface area contributed by atoms with Crippen LogP contribution in [0.15, 0.2) is 28.7 Å². The summed E-state index contributed by atoms with van der Waals surface area (Å²) in [4.78, 5) is 0. The van der Waals surface area contributed by atoms with Gasteiger partial charge < -0.3 is 20.2 Å². The van der Waals surface area contributed by atoms with Crippen molar-refractivity contribution in [1.29, 1.82) is 0 Å². The van der Waals surface area contributed by atoms with Crippen LogP contribution in [0.4, 0.5) is 11.7 Å². The predicted molar refractivity (Wildman–Crippen MR) is 81.4 cm³/mol. The average Bonchev–Trinajstić information content (AvgIpc) is 2.91. The van der Waals surface area contributed by atoms with Crippen molar-refractivity contribution in [1.82, 2.24) is 15.5 Å². The molecular formula is C15H22N4O2. The molecule has 0 aliphatic carbocycles. The molecule has 0 atom stereocenters. The molecule has 1 heterocycles. The molecule has 2 aromatic rings. The highest BCUT2D eigenvalue weighted by Gasteiger charge is 2.07. The largest absolute Gasteiger partial charge is 0.406 e. The highest BCUT2D eigenvalue weighted by Crippen LogP contribution is 2.17. The van der Waals surface area contributed by atoms with Gasteiger partial charge in [-0.25, -0.2) is 0 Å². The van der Waals surface area contributed by atoms with E-state index >= 15 is 0 Å². The van der Waals surface area contributed by atoms with Crippen LogP contribution in [-0.2, 0) is 13.0 Å². The Kier molecular flexibility index (Phi) is 5.71. The maximum Gasteiger partial charge on any atom is 0.320 e. The topological polar surface area (TPSA) is 83.2 Å². The normalized spacial score (nSPS) is 11.0. The van der Waals surface area contributed by atoms with Crippen molar-refractivity contribution < 1.29 is 9.52 Å². The van der Waals surface area contributed by atoms with Crippen LogP contribution < -0.4 is 10.6 Å². The summed E-state index contributed by atoms with van der Waals surface area (Å²) in [7, 11) is 0. The third kappa shape index (κ3) is 5.17. The first-order valence-electron chi connectivity index (χ1n) is 7.20. The maximum absolute atomic E-state index is 8.87. The third-order valence-corrected chi connectivity index (χ3v) is 2.93. The number of aliphatic hydroxyl groups is 1. The molecule has 0 fully saturated rings. The molecule has 1 aromatic carbocycles. The van der Waals surface area contributed by atoms with Crippen LogP contribution in [0.5, 0.6) is 0 Å². The van der Waals surface area contributed by atoms with E-state index in [1.165, 1.54) is 0 Å². The fourth-order valence-electron chi connectivity index (χ4n) is 1.88. The van der Waals surface area contributed by atoms with E-state index in [-0.39, 0.29) is 6.61 Å². The van der Waals surface area contributed by atoms with Gasteiger partial charge in [-0.2, -0.15) is 0 Å². The number of nitrogens with zero attached hydrogens (tertiary/aromatic N) is 2. The van der Waals surface area contributed by atoms with Crippen molar-refractivity contribution in [3.63, 3.8) is 0 Å². The van der Waals surface area contributed by atoms with Crippen LogP contribution in [0.1, 0.15) is 31.7 Å². The Morgan fingerprint density at radius 1 is 1.29 bits per heavy atom. The zero-order valence-electron chi connectivity index (χ0n) is 12.5. The number of hydrogen-bond acceptors (Lipinski definition) is 6. The van der Waals surface area contributed by atoms with Crippen molar-refractivity contribution in [2.75, 3.05) is 11.9 Å². The summed E-state index contributed by atoms with van der Waals surface area (Å²) in [6.45, 7) is 4.89. The molecule has 1 aromatic heterocycles. The Hall–Kier alpha value is -1.92. The average molecular weight is 290 g/mol. The second kappa shape index (κ2) is 7.75. The second-order valence-electron chi connectivity index (χ2n) is 5.19. The minimum atomic E-state index is 0.202. The van der Waals surface area contributed by atoms with E-state index in [1.54, 1.807) is 0 Å². The van der Waals surface area contributed by atoms with Crippen LogP contribution in [0.2, 0.25) is 0 Å². The maximum atomic E-state index is 8.87. The number of benzene rings is 1. The second-order valence-corrected chi connectivity index (χ2v) is 5.19. The van der Waals surface area contributed by atoms with Gasteiger partial charge in [-0.1, -0.05) is 31.1 Å². The lowest BCUT2D eigenvalue weighted by atomic mass is 10.1. The van der Waals surface area contributed by atoms with Gasteiger partial charge in [0.15, 0.2) is 0 Å². The Bertz CT molecular complexity index is 554. The fourth-order valence-corrected chi connectivity index (χ4v) is 1.88. The summed E-state index contributed by atoms with van der Waals surface area (Å²) >= 11 is 0. The van der Waals surface area contributed by atoms with Crippen molar-refractivity contribution in [2.45, 2.75) is 39.3 Å². The van der Waals surface area contributed by atoms with Gasteiger partial charge in [0, 0.05) is 18.3 Å². The zero-order chi connectivity index (χ0) is 15.1. The minimum Gasteiger partial charge on any atom is -0.406 e. The molecule has 21 heavy (non-hydrogen) atoms. The number of hydrogen-bond donors (Lipinski definition) is 3. The minimum absolute atomic E-state index is 0.202. The molecule has 2 rings (SSSR count). The molecule has 0 saturated heterocycles. The third-order valence-electron chi connectivity index (χ3n) is 2.93. The molecular weight excluding hydrogens is 268 g/mol. The molecule has 0 saturated carbocycles. The lowest BCUT2D eigenvalue weighted by Gasteiger charge is -2.05. The van der Waals surface area contributed by atoms with Crippen LogP contribution in [-0.4, -0.2) is 28.0 Å². The number of aryl methyl sites for hydroxylation is 1. The van der Waals surface area contributed by atoms with Crippen molar-refractivity contribution >= 4 is 11.7 Å². The Labute approximate surface area is 124 Å². The Balaban J connectivity index is 1.95. The fraction of sp³-hybridized carbons (Fsp3) is 0.467. The highest BCUT2D eigenvalue weighted by atomic mass is 16.4. The van der Waals surface area contributed by atoms with Gasteiger partial charge in [-0.3, -0.25) is 0 Å². The molecule has 0 bridgehead atoms. The van der Waals surface area contributed by atoms with Crippen LogP contribution in [0, 0.1) is 0 Å². The lowest BCUT2D eigenvalue weighted by Crippen LogP contribution is -2.21. The molecule has 6 nitrogen and oxygen atoms in total. The number of nitrogens with one attached hydrogen (secondary N) is 2. The van der Waals surface area contributed by atoms with E-state index in [0.29, 0.717) is 24.5 Å². The highest BCUT2D eigenvalue weighted by molar-refractivity contribution is 5.53. The standard InChI is InChI=1S/C15H22N4O2/c1-11(2)16-10-14-18-19-15(21-14)17-13-7-3-5-12(9-13)6-4-8-20/h3,5,7,9,11,16,20H,4,6,8,10H2,1-2H3,(H,17,19). The van der Waals surface area contributed by atoms with Gasteiger partial charge in [0.25, 0.3) is 0 Å². The first-order chi connectivity index (χ1) is 10.2. The molecule has 0 aliphatic rings.